The lowest BCUT2D eigenvalue weighted by Gasteiger charge is -2.22. The van der Waals surface area contributed by atoms with Crippen molar-refractivity contribution in [2.24, 2.45) is 7.05 Å². The van der Waals surface area contributed by atoms with Crippen LogP contribution >= 0.6 is 11.3 Å². The Balaban J connectivity index is 1.35. The number of hydrogen-bond donors (Lipinski definition) is 1. The SMILES string of the molecule is Cn1cc(-c2cnc3c(-c4csc(C(=O)NC5CCS(=O)(=O)CC5)c4)cnn3c2)cn1. The summed E-state index contributed by atoms with van der Waals surface area (Å²) in [5, 5.41) is 13.5. The fourth-order valence-electron chi connectivity index (χ4n) is 3.69. The second-order valence-electron chi connectivity index (χ2n) is 7.67. The number of hydrogen-bond acceptors (Lipinski definition) is 7. The zero-order valence-corrected chi connectivity index (χ0v) is 18.4. The number of aromatic nitrogens is 5. The number of thiophene rings is 1. The van der Waals surface area contributed by atoms with Gasteiger partial charge < -0.3 is 5.32 Å². The first-order valence-corrected chi connectivity index (χ1v) is 12.5. The van der Waals surface area contributed by atoms with E-state index in [4.69, 9.17) is 0 Å². The Bertz CT molecular complexity index is 1370. The number of nitrogens with zero attached hydrogens (tertiary/aromatic N) is 5. The van der Waals surface area contributed by atoms with Crippen LogP contribution in [-0.4, -0.2) is 56.3 Å². The van der Waals surface area contributed by atoms with E-state index >= 15 is 0 Å². The molecule has 0 bridgehead atoms. The molecule has 0 atom stereocenters. The average Bonchev–Trinajstić information content (AvgIpc) is 3.48. The van der Waals surface area contributed by atoms with Crippen molar-refractivity contribution in [3.8, 4) is 22.3 Å². The van der Waals surface area contributed by atoms with E-state index in [9.17, 15) is 13.2 Å². The minimum absolute atomic E-state index is 0.105. The van der Waals surface area contributed by atoms with Crippen LogP contribution in [0, 0.1) is 0 Å². The highest BCUT2D eigenvalue weighted by Crippen LogP contribution is 2.29. The minimum atomic E-state index is -2.95. The van der Waals surface area contributed by atoms with Gasteiger partial charge in [0.25, 0.3) is 5.91 Å². The maximum absolute atomic E-state index is 12.6. The molecule has 160 valence electrons. The average molecular weight is 457 g/mol. The second kappa shape index (κ2) is 7.57. The molecule has 0 radical (unpaired) electrons. The van der Waals surface area contributed by atoms with E-state index in [-0.39, 0.29) is 23.5 Å². The van der Waals surface area contributed by atoms with Gasteiger partial charge in [0.15, 0.2) is 5.65 Å². The van der Waals surface area contributed by atoms with Crippen LogP contribution in [0.25, 0.3) is 27.9 Å². The summed E-state index contributed by atoms with van der Waals surface area (Å²) in [7, 11) is -1.09. The van der Waals surface area contributed by atoms with Gasteiger partial charge in [0.2, 0.25) is 0 Å². The molecule has 31 heavy (non-hydrogen) atoms. The Morgan fingerprint density at radius 2 is 1.87 bits per heavy atom. The Hall–Kier alpha value is -3.05. The van der Waals surface area contributed by atoms with Gasteiger partial charge in [-0.15, -0.1) is 11.3 Å². The van der Waals surface area contributed by atoms with E-state index in [2.05, 4.69) is 20.5 Å². The van der Waals surface area contributed by atoms with Crippen LogP contribution in [0.1, 0.15) is 22.5 Å². The van der Waals surface area contributed by atoms with Crippen molar-refractivity contribution in [3.63, 3.8) is 0 Å². The zero-order chi connectivity index (χ0) is 21.6. The molecule has 0 aliphatic carbocycles. The maximum atomic E-state index is 12.6. The number of aryl methyl sites for hydroxylation is 1. The van der Waals surface area contributed by atoms with E-state index in [1.54, 1.807) is 27.8 Å². The van der Waals surface area contributed by atoms with Crippen LogP contribution in [0.15, 0.2) is 42.4 Å². The quantitative estimate of drug-likeness (QED) is 0.504. The van der Waals surface area contributed by atoms with Crippen molar-refractivity contribution in [1.82, 2.24) is 29.7 Å². The summed E-state index contributed by atoms with van der Waals surface area (Å²) in [6.45, 7) is 0. The monoisotopic (exact) mass is 456 g/mol. The van der Waals surface area contributed by atoms with Crippen LogP contribution in [0.2, 0.25) is 0 Å². The molecule has 0 unspecified atom stereocenters. The van der Waals surface area contributed by atoms with Crippen LogP contribution in [0.5, 0.6) is 0 Å². The first-order valence-electron chi connectivity index (χ1n) is 9.80. The molecule has 9 nitrogen and oxygen atoms in total. The van der Waals surface area contributed by atoms with E-state index in [1.807, 2.05) is 30.9 Å². The van der Waals surface area contributed by atoms with Gasteiger partial charge in [0, 0.05) is 48.4 Å². The molecule has 5 rings (SSSR count). The number of carbonyl (C=O) groups excluding carboxylic acids is 1. The number of rotatable bonds is 4. The summed E-state index contributed by atoms with van der Waals surface area (Å²) in [4.78, 5) is 17.8. The second-order valence-corrected chi connectivity index (χ2v) is 10.9. The summed E-state index contributed by atoms with van der Waals surface area (Å²) >= 11 is 1.35. The van der Waals surface area contributed by atoms with E-state index < -0.39 is 9.84 Å². The lowest BCUT2D eigenvalue weighted by molar-refractivity contribution is 0.0938. The maximum Gasteiger partial charge on any atom is 0.261 e. The topological polar surface area (TPSA) is 111 Å². The van der Waals surface area contributed by atoms with E-state index in [1.165, 1.54) is 11.3 Å². The Morgan fingerprint density at radius 3 is 2.61 bits per heavy atom. The van der Waals surface area contributed by atoms with Crippen LogP contribution in [0.3, 0.4) is 0 Å². The van der Waals surface area contributed by atoms with Gasteiger partial charge in [-0.25, -0.2) is 17.9 Å². The van der Waals surface area contributed by atoms with Gasteiger partial charge in [0.05, 0.1) is 28.8 Å². The van der Waals surface area contributed by atoms with Crippen LogP contribution in [0.4, 0.5) is 0 Å². The molecule has 1 fully saturated rings. The van der Waals surface area contributed by atoms with Gasteiger partial charge in [-0.05, 0) is 29.9 Å². The van der Waals surface area contributed by atoms with Crippen molar-refractivity contribution in [3.05, 3.63) is 47.3 Å². The normalized spacial score (nSPS) is 16.5. The third-order valence-electron chi connectivity index (χ3n) is 5.42. The van der Waals surface area contributed by atoms with Crippen molar-refractivity contribution in [1.29, 1.82) is 0 Å². The zero-order valence-electron chi connectivity index (χ0n) is 16.7. The van der Waals surface area contributed by atoms with Crippen molar-refractivity contribution in [2.75, 3.05) is 11.5 Å². The molecular weight excluding hydrogens is 436 g/mol. The van der Waals surface area contributed by atoms with Gasteiger partial charge in [-0.1, -0.05) is 0 Å². The number of fused-ring (bicyclic) bond motifs is 1. The Morgan fingerprint density at radius 1 is 1.10 bits per heavy atom. The molecule has 1 aliphatic rings. The fourth-order valence-corrected chi connectivity index (χ4v) is 5.99. The van der Waals surface area contributed by atoms with Crippen LogP contribution < -0.4 is 5.32 Å². The number of amides is 1. The van der Waals surface area contributed by atoms with E-state index in [0.29, 0.717) is 23.4 Å². The summed E-state index contributed by atoms with van der Waals surface area (Å²) in [5.41, 5.74) is 4.29. The van der Waals surface area contributed by atoms with Crippen molar-refractivity contribution < 1.29 is 13.2 Å². The lowest BCUT2D eigenvalue weighted by atomic mass is 10.1. The standard InChI is InChI=1S/C20H20N6O3S2/c1-25-10-15(8-22-25)14-7-21-19-17(9-23-26(19)11-14)13-6-18(30-12-13)20(27)24-16-2-4-31(28,29)5-3-16/h6-12,16H,2-5H2,1H3,(H,24,27). The van der Waals surface area contributed by atoms with Gasteiger partial charge in [-0.3, -0.25) is 9.48 Å². The summed E-state index contributed by atoms with van der Waals surface area (Å²) in [6.07, 6.45) is 10.0. The largest absolute Gasteiger partial charge is 0.349 e. The Labute approximate surface area is 182 Å². The summed E-state index contributed by atoms with van der Waals surface area (Å²) in [6, 6.07) is 1.72. The molecule has 5 heterocycles. The predicted octanol–water partition coefficient (Wildman–Crippen LogP) is 2.17. The summed E-state index contributed by atoms with van der Waals surface area (Å²) < 4.78 is 26.6. The molecule has 0 saturated carbocycles. The highest BCUT2D eigenvalue weighted by molar-refractivity contribution is 7.91. The van der Waals surface area contributed by atoms with Crippen LogP contribution in [-0.2, 0) is 16.9 Å². The third-order valence-corrected chi connectivity index (χ3v) is 8.06. The highest BCUT2D eigenvalue weighted by atomic mass is 32.2. The number of nitrogens with one attached hydrogen (secondary N) is 1. The number of carbonyl (C=O) groups is 1. The molecule has 4 aromatic rings. The third kappa shape index (κ3) is 3.98. The molecule has 0 aromatic carbocycles. The molecule has 1 saturated heterocycles. The fraction of sp³-hybridized carbons (Fsp3) is 0.300. The lowest BCUT2D eigenvalue weighted by Crippen LogP contribution is -2.40. The number of sulfone groups is 1. The molecule has 1 amide bonds. The van der Waals surface area contributed by atoms with Crippen molar-refractivity contribution >= 4 is 32.7 Å². The van der Waals surface area contributed by atoms with Crippen molar-refractivity contribution in [2.45, 2.75) is 18.9 Å². The smallest absolute Gasteiger partial charge is 0.261 e. The first-order chi connectivity index (χ1) is 14.9. The molecule has 1 N–H and O–H groups in total. The molecule has 11 heteroatoms. The highest BCUT2D eigenvalue weighted by Gasteiger charge is 2.25. The van der Waals surface area contributed by atoms with E-state index in [0.717, 1.165) is 22.3 Å². The Kier molecular flexibility index (Phi) is 4.86. The molecule has 0 spiro atoms. The summed E-state index contributed by atoms with van der Waals surface area (Å²) in [5.74, 6) is 0.0784. The molecule has 1 aliphatic heterocycles. The van der Waals surface area contributed by atoms with Gasteiger partial charge >= 0.3 is 0 Å². The predicted molar refractivity (Wildman–Crippen MR) is 118 cm³/mol. The van der Waals surface area contributed by atoms with Gasteiger partial charge in [-0.2, -0.15) is 10.2 Å². The first kappa shape index (κ1) is 19.9. The van der Waals surface area contributed by atoms with Gasteiger partial charge in [0.1, 0.15) is 9.84 Å². The molecule has 4 aromatic heterocycles. The molecular formula is C20H20N6O3S2. The minimum Gasteiger partial charge on any atom is -0.349 e.